The molecule has 3 heterocycles. The van der Waals surface area contributed by atoms with Crippen molar-refractivity contribution in [2.24, 2.45) is 0 Å². The number of halogens is 1. The van der Waals surface area contributed by atoms with Crippen LogP contribution >= 0.6 is 15.9 Å². The molecule has 0 aliphatic carbocycles. The van der Waals surface area contributed by atoms with E-state index in [0.717, 1.165) is 21.0 Å². The zero-order valence-electron chi connectivity index (χ0n) is 12.8. The van der Waals surface area contributed by atoms with Crippen LogP contribution in [0, 0.1) is 6.92 Å². The standard InChI is InChI=1S/C17H13BrN4O2/c1-10-3-4-14(18)15-12(10)7-11(24-15)8-20-17(23)13-9-21-22-6-2-5-19-16(13)22/h2-7,9H,8H2,1H3,(H,20,23). The highest BCUT2D eigenvalue weighted by Crippen LogP contribution is 2.29. The molecule has 0 atom stereocenters. The Morgan fingerprint density at radius 1 is 1.42 bits per heavy atom. The van der Waals surface area contributed by atoms with Gasteiger partial charge in [0.05, 0.1) is 17.2 Å². The van der Waals surface area contributed by atoms with Crippen LogP contribution < -0.4 is 5.32 Å². The first-order valence-corrected chi connectivity index (χ1v) is 8.17. The third kappa shape index (κ3) is 2.46. The van der Waals surface area contributed by atoms with E-state index in [9.17, 15) is 4.79 Å². The van der Waals surface area contributed by atoms with E-state index in [2.05, 4.69) is 31.3 Å². The van der Waals surface area contributed by atoms with Crippen molar-refractivity contribution < 1.29 is 9.21 Å². The SMILES string of the molecule is Cc1ccc(Br)c2oc(CNC(=O)c3cnn4cccnc34)cc12. The third-order valence-electron chi connectivity index (χ3n) is 3.85. The van der Waals surface area contributed by atoms with Gasteiger partial charge in [0.25, 0.3) is 5.91 Å². The van der Waals surface area contributed by atoms with Crippen LogP contribution in [-0.4, -0.2) is 20.5 Å². The Balaban J connectivity index is 1.57. The lowest BCUT2D eigenvalue weighted by Crippen LogP contribution is -2.22. The number of furan rings is 1. The zero-order valence-corrected chi connectivity index (χ0v) is 14.4. The molecule has 0 saturated carbocycles. The van der Waals surface area contributed by atoms with E-state index in [4.69, 9.17) is 4.42 Å². The first-order valence-electron chi connectivity index (χ1n) is 7.37. The molecule has 4 aromatic rings. The maximum Gasteiger partial charge on any atom is 0.257 e. The molecule has 0 bridgehead atoms. The molecular weight excluding hydrogens is 372 g/mol. The van der Waals surface area contributed by atoms with E-state index in [0.29, 0.717) is 23.5 Å². The van der Waals surface area contributed by atoms with Gasteiger partial charge in [0.15, 0.2) is 5.65 Å². The van der Waals surface area contributed by atoms with Gasteiger partial charge < -0.3 is 9.73 Å². The van der Waals surface area contributed by atoms with E-state index in [1.165, 1.54) is 6.20 Å². The third-order valence-corrected chi connectivity index (χ3v) is 4.48. The minimum atomic E-state index is -0.236. The number of nitrogens with one attached hydrogen (secondary N) is 1. The van der Waals surface area contributed by atoms with Crippen LogP contribution in [-0.2, 0) is 6.54 Å². The Bertz CT molecular complexity index is 1030. The quantitative estimate of drug-likeness (QED) is 0.586. The van der Waals surface area contributed by atoms with Crippen LogP contribution in [0.1, 0.15) is 21.7 Å². The minimum Gasteiger partial charge on any atom is -0.458 e. The van der Waals surface area contributed by atoms with Crippen molar-refractivity contribution >= 4 is 38.5 Å². The number of benzene rings is 1. The number of aryl methyl sites for hydroxylation is 1. The van der Waals surface area contributed by atoms with E-state index < -0.39 is 0 Å². The van der Waals surface area contributed by atoms with Crippen molar-refractivity contribution in [1.82, 2.24) is 19.9 Å². The van der Waals surface area contributed by atoms with Gasteiger partial charge in [0, 0.05) is 17.8 Å². The maximum atomic E-state index is 12.4. The molecule has 0 spiro atoms. The van der Waals surface area contributed by atoms with Crippen molar-refractivity contribution in [2.75, 3.05) is 0 Å². The summed E-state index contributed by atoms with van der Waals surface area (Å²) in [5.41, 5.74) is 2.88. The molecule has 3 aromatic heterocycles. The largest absolute Gasteiger partial charge is 0.458 e. The molecule has 0 unspecified atom stereocenters. The number of carbonyl (C=O) groups is 1. The summed E-state index contributed by atoms with van der Waals surface area (Å²) in [5, 5.41) is 8.00. The fourth-order valence-electron chi connectivity index (χ4n) is 2.61. The topological polar surface area (TPSA) is 72.4 Å². The second-order valence-corrected chi connectivity index (χ2v) is 6.30. The van der Waals surface area contributed by atoms with E-state index in [1.807, 2.05) is 25.1 Å². The molecule has 0 fully saturated rings. The lowest BCUT2D eigenvalue weighted by Gasteiger charge is -2.01. The number of hydrogen-bond donors (Lipinski definition) is 1. The summed E-state index contributed by atoms with van der Waals surface area (Å²) in [7, 11) is 0. The van der Waals surface area contributed by atoms with Crippen molar-refractivity contribution in [1.29, 1.82) is 0 Å². The van der Waals surface area contributed by atoms with Gasteiger partial charge in [-0.05, 0) is 46.6 Å². The maximum absolute atomic E-state index is 12.4. The normalized spacial score (nSPS) is 11.2. The smallest absolute Gasteiger partial charge is 0.257 e. The fourth-order valence-corrected chi connectivity index (χ4v) is 3.04. The van der Waals surface area contributed by atoms with Gasteiger partial charge in [-0.15, -0.1) is 0 Å². The molecule has 1 N–H and O–H groups in total. The zero-order chi connectivity index (χ0) is 16.7. The molecule has 0 aliphatic heterocycles. The Morgan fingerprint density at radius 2 is 2.29 bits per heavy atom. The average Bonchev–Trinajstić information content (AvgIpc) is 3.21. The number of aromatic nitrogens is 3. The van der Waals surface area contributed by atoms with Crippen LogP contribution in [0.25, 0.3) is 16.6 Å². The molecule has 0 aliphatic rings. The Hall–Kier alpha value is -2.67. The van der Waals surface area contributed by atoms with Crippen LogP contribution in [0.2, 0.25) is 0 Å². The molecule has 0 saturated heterocycles. The number of carbonyl (C=O) groups excluding carboxylic acids is 1. The van der Waals surface area contributed by atoms with Crippen molar-refractivity contribution in [3.05, 3.63) is 64.2 Å². The van der Waals surface area contributed by atoms with Gasteiger partial charge in [-0.3, -0.25) is 4.79 Å². The van der Waals surface area contributed by atoms with E-state index in [-0.39, 0.29) is 5.91 Å². The van der Waals surface area contributed by atoms with Crippen LogP contribution in [0.4, 0.5) is 0 Å². The van der Waals surface area contributed by atoms with Crippen molar-refractivity contribution in [2.45, 2.75) is 13.5 Å². The van der Waals surface area contributed by atoms with Gasteiger partial charge >= 0.3 is 0 Å². The Kier molecular flexibility index (Phi) is 3.57. The highest BCUT2D eigenvalue weighted by molar-refractivity contribution is 9.10. The second-order valence-electron chi connectivity index (χ2n) is 5.45. The van der Waals surface area contributed by atoms with Gasteiger partial charge in [-0.1, -0.05) is 6.07 Å². The van der Waals surface area contributed by atoms with Gasteiger partial charge in [-0.25, -0.2) is 9.50 Å². The predicted molar refractivity (Wildman–Crippen MR) is 92.8 cm³/mol. The Labute approximate surface area is 145 Å². The summed E-state index contributed by atoms with van der Waals surface area (Å²) in [6.07, 6.45) is 4.89. The number of hydrogen-bond acceptors (Lipinski definition) is 4. The molecule has 0 radical (unpaired) electrons. The summed E-state index contributed by atoms with van der Waals surface area (Å²) in [6, 6.07) is 7.68. The molecule has 1 aromatic carbocycles. The predicted octanol–water partition coefficient (Wildman–Crippen LogP) is 3.48. The lowest BCUT2D eigenvalue weighted by molar-refractivity contribution is 0.0949. The van der Waals surface area contributed by atoms with Crippen molar-refractivity contribution in [3.8, 4) is 0 Å². The van der Waals surface area contributed by atoms with Crippen LogP contribution in [0.5, 0.6) is 0 Å². The van der Waals surface area contributed by atoms with Gasteiger partial charge in [0.2, 0.25) is 0 Å². The first-order chi connectivity index (χ1) is 11.6. The summed E-state index contributed by atoms with van der Waals surface area (Å²) in [5.74, 6) is 0.456. The molecule has 7 heteroatoms. The van der Waals surface area contributed by atoms with Crippen LogP contribution in [0.3, 0.4) is 0 Å². The molecular formula is C17H13BrN4O2. The fraction of sp³-hybridized carbons (Fsp3) is 0.118. The second kappa shape index (κ2) is 5.76. The van der Waals surface area contributed by atoms with Gasteiger partial charge in [-0.2, -0.15) is 5.10 Å². The minimum absolute atomic E-state index is 0.236. The van der Waals surface area contributed by atoms with E-state index in [1.54, 1.807) is 23.0 Å². The van der Waals surface area contributed by atoms with Crippen molar-refractivity contribution in [3.63, 3.8) is 0 Å². The highest BCUT2D eigenvalue weighted by atomic mass is 79.9. The number of fused-ring (bicyclic) bond motifs is 2. The highest BCUT2D eigenvalue weighted by Gasteiger charge is 2.15. The summed E-state index contributed by atoms with van der Waals surface area (Å²) < 4.78 is 8.30. The number of nitrogens with zero attached hydrogens (tertiary/aromatic N) is 3. The molecule has 120 valence electrons. The molecule has 24 heavy (non-hydrogen) atoms. The summed E-state index contributed by atoms with van der Waals surface area (Å²) in [6.45, 7) is 2.32. The molecule has 1 amide bonds. The molecule has 6 nitrogen and oxygen atoms in total. The first kappa shape index (κ1) is 14.9. The summed E-state index contributed by atoms with van der Waals surface area (Å²) >= 11 is 3.48. The Morgan fingerprint density at radius 3 is 3.12 bits per heavy atom. The summed E-state index contributed by atoms with van der Waals surface area (Å²) in [4.78, 5) is 16.6. The lowest BCUT2D eigenvalue weighted by atomic mass is 10.1. The van der Waals surface area contributed by atoms with Crippen LogP contribution in [0.15, 0.2) is 51.7 Å². The average molecular weight is 385 g/mol. The number of rotatable bonds is 3. The number of amides is 1. The van der Waals surface area contributed by atoms with E-state index >= 15 is 0 Å². The van der Waals surface area contributed by atoms with Gasteiger partial charge in [0.1, 0.15) is 16.9 Å². The monoisotopic (exact) mass is 384 g/mol. The molecule has 4 rings (SSSR count).